The highest BCUT2D eigenvalue weighted by atomic mass is 16.7. The number of nitrogens with zero attached hydrogens (tertiary/aromatic N) is 3. The number of unbranched alkanes of at least 4 members (excludes halogenated alkanes) is 2. The zero-order chi connectivity index (χ0) is 27.4. The molecule has 39 heavy (non-hydrogen) atoms. The Kier molecular flexibility index (Phi) is 7.81. The molecule has 5 rings (SSSR count). The van der Waals surface area contributed by atoms with E-state index in [0.29, 0.717) is 58.4 Å². The maximum atomic E-state index is 14.0. The van der Waals surface area contributed by atoms with Crippen LogP contribution in [0, 0.1) is 0 Å². The SMILES string of the molecule is CCCCCN(C(=O)c1ccc2c(c1)OCO2)C(C)c1nc2ccccc2c(=O)n1-c1ccccc1OCC. The van der Waals surface area contributed by atoms with E-state index in [9.17, 15) is 9.59 Å². The van der Waals surface area contributed by atoms with Crippen molar-refractivity contribution in [3.05, 3.63) is 88.5 Å². The van der Waals surface area contributed by atoms with Crippen molar-refractivity contribution < 1.29 is 19.0 Å². The molecular formula is C31H33N3O5. The van der Waals surface area contributed by atoms with Crippen LogP contribution in [0.15, 0.2) is 71.5 Å². The monoisotopic (exact) mass is 527 g/mol. The quantitative estimate of drug-likeness (QED) is 0.239. The molecule has 8 heteroatoms. The van der Waals surface area contributed by atoms with Gasteiger partial charge in [-0.15, -0.1) is 0 Å². The molecule has 0 radical (unpaired) electrons. The predicted molar refractivity (Wildman–Crippen MR) is 150 cm³/mol. The second kappa shape index (κ2) is 11.6. The standard InChI is InChI=1S/C31H33N3O5/c1-4-6-11-18-33(30(35)22-16-17-27-28(19-22)39-20-38-27)21(3)29-32-24-13-8-7-12-23(24)31(36)34(29)25-14-9-10-15-26(25)37-5-2/h7-10,12-17,19,21H,4-6,11,18,20H2,1-3H3. The number of para-hydroxylation sites is 3. The second-order valence-corrected chi connectivity index (χ2v) is 9.48. The summed E-state index contributed by atoms with van der Waals surface area (Å²) in [6.07, 6.45) is 2.81. The number of carbonyl (C=O) groups excluding carboxylic acids is 1. The molecule has 8 nitrogen and oxygen atoms in total. The molecule has 1 aliphatic heterocycles. The third kappa shape index (κ3) is 5.19. The average Bonchev–Trinajstić information content (AvgIpc) is 3.44. The third-order valence-corrected chi connectivity index (χ3v) is 6.93. The summed E-state index contributed by atoms with van der Waals surface area (Å²) in [4.78, 5) is 34.8. The van der Waals surface area contributed by atoms with Gasteiger partial charge in [-0.3, -0.25) is 14.2 Å². The Labute approximate surface area is 227 Å². The summed E-state index contributed by atoms with van der Waals surface area (Å²) in [5, 5.41) is 0.499. The molecule has 1 unspecified atom stereocenters. The Balaban J connectivity index is 1.66. The average molecular weight is 528 g/mol. The second-order valence-electron chi connectivity index (χ2n) is 9.48. The number of rotatable bonds is 10. The van der Waals surface area contributed by atoms with E-state index in [2.05, 4.69) is 6.92 Å². The van der Waals surface area contributed by atoms with E-state index in [1.165, 1.54) is 0 Å². The zero-order valence-corrected chi connectivity index (χ0v) is 22.6. The first kappa shape index (κ1) is 26.3. The van der Waals surface area contributed by atoms with Crippen molar-refractivity contribution in [1.82, 2.24) is 14.5 Å². The largest absolute Gasteiger partial charge is 0.492 e. The van der Waals surface area contributed by atoms with E-state index in [0.717, 1.165) is 19.3 Å². The van der Waals surface area contributed by atoms with Gasteiger partial charge in [0.1, 0.15) is 11.6 Å². The van der Waals surface area contributed by atoms with E-state index in [4.69, 9.17) is 19.2 Å². The van der Waals surface area contributed by atoms with Crippen molar-refractivity contribution in [3.63, 3.8) is 0 Å². The summed E-state index contributed by atoms with van der Waals surface area (Å²) in [5.41, 5.74) is 1.46. The molecule has 3 aromatic carbocycles. The van der Waals surface area contributed by atoms with Crippen LogP contribution in [-0.2, 0) is 0 Å². The first-order valence-electron chi connectivity index (χ1n) is 13.5. The van der Waals surface area contributed by atoms with Crippen LogP contribution in [0.25, 0.3) is 16.6 Å². The minimum absolute atomic E-state index is 0.135. The summed E-state index contributed by atoms with van der Waals surface area (Å²) in [6.45, 7) is 7.05. The molecule has 0 fully saturated rings. The van der Waals surface area contributed by atoms with Crippen LogP contribution in [0.4, 0.5) is 0 Å². The first-order valence-corrected chi connectivity index (χ1v) is 13.5. The highest BCUT2D eigenvalue weighted by Crippen LogP contribution is 2.34. The molecule has 0 saturated heterocycles. The van der Waals surface area contributed by atoms with E-state index in [-0.39, 0.29) is 18.3 Å². The highest BCUT2D eigenvalue weighted by Gasteiger charge is 2.29. The van der Waals surface area contributed by atoms with Gasteiger partial charge in [0.2, 0.25) is 6.79 Å². The predicted octanol–water partition coefficient (Wildman–Crippen LogP) is 5.91. The molecule has 202 valence electrons. The van der Waals surface area contributed by atoms with Crippen molar-refractivity contribution in [2.24, 2.45) is 0 Å². The minimum atomic E-state index is -0.522. The number of hydrogen-bond acceptors (Lipinski definition) is 6. The fourth-order valence-electron chi connectivity index (χ4n) is 4.92. The Morgan fingerprint density at radius 3 is 2.62 bits per heavy atom. The van der Waals surface area contributed by atoms with Crippen molar-refractivity contribution in [2.45, 2.75) is 46.1 Å². The number of benzene rings is 3. The van der Waals surface area contributed by atoms with Gasteiger partial charge in [-0.25, -0.2) is 4.98 Å². The van der Waals surface area contributed by atoms with E-state index in [1.54, 1.807) is 33.7 Å². The summed E-state index contributed by atoms with van der Waals surface area (Å²) in [5.74, 6) is 2.05. The van der Waals surface area contributed by atoms with Gasteiger partial charge in [0.15, 0.2) is 11.5 Å². The Bertz CT molecular complexity index is 1550. The van der Waals surface area contributed by atoms with Crippen molar-refractivity contribution in [3.8, 4) is 22.9 Å². The molecule has 1 atom stereocenters. The van der Waals surface area contributed by atoms with Crippen LogP contribution >= 0.6 is 0 Å². The Morgan fingerprint density at radius 2 is 1.79 bits per heavy atom. The number of ether oxygens (including phenoxy) is 3. The summed E-state index contributed by atoms with van der Waals surface area (Å²) >= 11 is 0. The molecule has 1 aliphatic rings. The smallest absolute Gasteiger partial charge is 0.266 e. The lowest BCUT2D eigenvalue weighted by molar-refractivity contribution is 0.0677. The van der Waals surface area contributed by atoms with Crippen molar-refractivity contribution in [1.29, 1.82) is 0 Å². The Morgan fingerprint density at radius 1 is 1.03 bits per heavy atom. The van der Waals surface area contributed by atoms with Gasteiger partial charge >= 0.3 is 0 Å². The third-order valence-electron chi connectivity index (χ3n) is 6.93. The van der Waals surface area contributed by atoms with Crippen LogP contribution in [0.5, 0.6) is 17.2 Å². The van der Waals surface area contributed by atoms with Crippen LogP contribution < -0.4 is 19.8 Å². The summed E-state index contributed by atoms with van der Waals surface area (Å²) in [7, 11) is 0. The highest BCUT2D eigenvalue weighted by molar-refractivity contribution is 5.95. The van der Waals surface area contributed by atoms with E-state index >= 15 is 0 Å². The first-order chi connectivity index (χ1) is 19.0. The molecule has 0 aliphatic carbocycles. The van der Waals surface area contributed by atoms with Gasteiger partial charge in [-0.1, -0.05) is 44.0 Å². The molecule has 0 saturated carbocycles. The molecule has 0 bridgehead atoms. The molecule has 0 spiro atoms. The summed E-state index contributed by atoms with van der Waals surface area (Å²) in [6, 6.07) is 19.4. The van der Waals surface area contributed by atoms with Gasteiger partial charge in [0, 0.05) is 12.1 Å². The summed E-state index contributed by atoms with van der Waals surface area (Å²) < 4.78 is 18.5. The van der Waals surface area contributed by atoms with Gasteiger partial charge in [-0.2, -0.15) is 0 Å². The molecule has 0 N–H and O–H groups in total. The number of amides is 1. The molecular weight excluding hydrogens is 494 g/mol. The van der Waals surface area contributed by atoms with Crippen LogP contribution in [0.2, 0.25) is 0 Å². The Hall–Kier alpha value is -4.33. The maximum Gasteiger partial charge on any atom is 0.266 e. The van der Waals surface area contributed by atoms with E-state index in [1.807, 2.05) is 56.3 Å². The zero-order valence-electron chi connectivity index (χ0n) is 22.6. The van der Waals surface area contributed by atoms with Crippen LogP contribution in [0.3, 0.4) is 0 Å². The maximum absolute atomic E-state index is 14.0. The molecule has 4 aromatic rings. The number of carbonyl (C=O) groups is 1. The number of hydrogen-bond donors (Lipinski definition) is 0. The molecule has 2 heterocycles. The minimum Gasteiger partial charge on any atom is -0.492 e. The fourth-order valence-corrected chi connectivity index (χ4v) is 4.92. The topological polar surface area (TPSA) is 82.9 Å². The van der Waals surface area contributed by atoms with Crippen LogP contribution in [-0.4, -0.2) is 40.3 Å². The lowest BCUT2D eigenvalue weighted by atomic mass is 10.1. The van der Waals surface area contributed by atoms with E-state index < -0.39 is 6.04 Å². The lowest BCUT2D eigenvalue weighted by Crippen LogP contribution is -2.38. The van der Waals surface area contributed by atoms with Crippen molar-refractivity contribution in [2.75, 3.05) is 19.9 Å². The lowest BCUT2D eigenvalue weighted by Gasteiger charge is -2.31. The normalized spacial score (nSPS) is 12.9. The van der Waals surface area contributed by atoms with Crippen molar-refractivity contribution >= 4 is 16.8 Å². The van der Waals surface area contributed by atoms with Crippen LogP contribution in [0.1, 0.15) is 62.3 Å². The molecule has 1 aromatic heterocycles. The van der Waals surface area contributed by atoms with Gasteiger partial charge in [0.05, 0.1) is 29.2 Å². The van der Waals surface area contributed by atoms with Gasteiger partial charge in [0.25, 0.3) is 11.5 Å². The molecule has 1 amide bonds. The fraction of sp³-hybridized carbons (Fsp3) is 0.323. The number of fused-ring (bicyclic) bond motifs is 2. The number of aromatic nitrogens is 2. The van der Waals surface area contributed by atoms with Gasteiger partial charge in [-0.05, 0) is 62.7 Å². The van der Waals surface area contributed by atoms with Gasteiger partial charge < -0.3 is 19.1 Å².